The van der Waals surface area contributed by atoms with Crippen LogP contribution < -0.4 is 0 Å². The highest BCUT2D eigenvalue weighted by atomic mass is 28.4. The monoisotopic (exact) mass is 263 g/mol. The van der Waals surface area contributed by atoms with Crippen molar-refractivity contribution in [2.45, 2.75) is 45.5 Å². The Labute approximate surface area is 109 Å². The zero-order valence-electron chi connectivity index (χ0n) is 11.8. The standard InChI is InChI=1S/C14H21NO2Si/c1-14(2,3)18(4,5)16-10-12-8-11-9-15-7-6-13(11)17-12/h6-9H,10H2,1-5H3. The van der Waals surface area contributed by atoms with E-state index in [1.54, 1.807) is 6.20 Å². The maximum absolute atomic E-state index is 6.13. The van der Waals surface area contributed by atoms with E-state index in [9.17, 15) is 0 Å². The van der Waals surface area contributed by atoms with Gasteiger partial charge in [-0.05, 0) is 30.3 Å². The van der Waals surface area contributed by atoms with Crippen LogP contribution in [0.3, 0.4) is 0 Å². The molecular weight excluding hydrogens is 242 g/mol. The van der Waals surface area contributed by atoms with Gasteiger partial charge < -0.3 is 8.84 Å². The molecule has 0 aliphatic rings. The lowest BCUT2D eigenvalue weighted by molar-refractivity contribution is 0.249. The molecule has 2 aromatic heterocycles. The van der Waals surface area contributed by atoms with Crippen molar-refractivity contribution in [2.75, 3.05) is 0 Å². The van der Waals surface area contributed by atoms with Crippen molar-refractivity contribution in [1.29, 1.82) is 0 Å². The van der Waals surface area contributed by atoms with Gasteiger partial charge in [-0.25, -0.2) is 0 Å². The minimum atomic E-state index is -1.71. The van der Waals surface area contributed by atoms with Crippen LogP contribution in [0.1, 0.15) is 26.5 Å². The third-order valence-electron chi connectivity index (χ3n) is 3.75. The van der Waals surface area contributed by atoms with Gasteiger partial charge in [-0.1, -0.05) is 20.8 Å². The van der Waals surface area contributed by atoms with E-state index in [0.29, 0.717) is 6.61 Å². The summed E-state index contributed by atoms with van der Waals surface area (Å²) in [7, 11) is -1.71. The molecule has 0 N–H and O–H groups in total. The predicted octanol–water partition coefficient (Wildman–Crippen LogP) is 4.35. The van der Waals surface area contributed by atoms with Gasteiger partial charge in [0.05, 0.1) is 6.61 Å². The molecule has 0 fully saturated rings. The number of aromatic nitrogens is 1. The molecule has 2 aromatic rings. The normalized spacial score (nSPS) is 13.2. The SMILES string of the molecule is CC(C)(C)[Si](C)(C)OCc1cc2cnccc2o1. The van der Waals surface area contributed by atoms with Gasteiger partial charge in [0.1, 0.15) is 11.3 Å². The van der Waals surface area contributed by atoms with Crippen molar-refractivity contribution in [1.82, 2.24) is 4.98 Å². The topological polar surface area (TPSA) is 35.3 Å². The lowest BCUT2D eigenvalue weighted by Crippen LogP contribution is -2.40. The van der Waals surface area contributed by atoms with Crippen LogP contribution in [0.2, 0.25) is 18.1 Å². The molecule has 0 aliphatic heterocycles. The summed E-state index contributed by atoms with van der Waals surface area (Å²) >= 11 is 0. The van der Waals surface area contributed by atoms with Gasteiger partial charge in [0.2, 0.25) is 0 Å². The fourth-order valence-corrected chi connectivity index (χ4v) is 2.41. The Morgan fingerprint density at radius 1 is 1.33 bits per heavy atom. The lowest BCUT2D eigenvalue weighted by atomic mass is 10.2. The summed E-state index contributed by atoms with van der Waals surface area (Å²) in [4.78, 5) is 4.08. The molecule has 0 aromatic carbocycles. The van der Waals surface area contributed by atoms with E-state index in [2.05, 4.69) is 38.8 Å². The summed E-state index contributed by atoms with van der Waals surface area (Å²) in [6, 6.07) is 3.89. The van der Waals surface area contributed by atoms with Crippen LogP contribution in [0.5, 0.6) is 0 Å². The molecule has 0 unspecified atom stereocenters. The maximum atomic E-state index is 6.13. The molecule has 0 saturated carbocycles. The van der Waals surface area contributed by atoms with E-state index < -0.39 is 8.32 Å². The van der Waals surface area contributed by atoms with E-state index >= 15 is 0 Å². The van der Waals surface area contributed by atoms with Crippen LogP contribution in [0.15, 0.2) is 28.9 Å². The van der Waals surface area contributed by atoms with Crippen molar-refractivity contribution in [3.05, 3.63) is 30.3 Å². The quantitative estimate of drug-likeness (QED) is 0.772. The van der Waals surface area contributed by atoms with Crippen molar-refractivity contribution in [2.24, 2.45) is 0 Å². The Morgan fingerprint density at radius 2 is 2.06 bits per heavy atom. The Balaban J connectivity index is 2.11. The van der Waals surface area contributed by atoms with Gasteiger partial charge >= 0.3 is 0 Å². The Bertz CT molecular complexity index is 507. The second-order valence-electron chi connectivity index (χ2n) is 6.18. The molecule has 4 heteroatoms. The van der Waals surface area contributed by atoms with E-state index in [0.717, 1.165) is 16.7 Å². The lowest BCUT2D eigenvalue weighted by Gasteiger charge is -2.35. The molecule has 0 atom stereocenters. The minimum absolute atomic E-state index is 0.223. The molecule has 18 heavy (non-hydrogen) atoms. The first-order chi connectivity index (χ1) is 8.29. The Morgan fingerprint density at radius 3 is 2.67 bits per heavy atom. The first kappa shape index (κ1) is 13.3. The van der Waals surface area contributed by atoms with Gasteiger partial charge in [0.25, 0.3) is 0 Å². The number of rotatable bonds is 3. The number of hydrogen-bond donors (Lipinski definition) is 0. The van der Waals surface area contributed by atoms with E-state index in [4.69, 9.17) is 8.84 Å². The fourth-order valence-electron chi connectivity index (χ4n) is 1.48. The van der Waals surface area contributed by atoms with Crippen LogP contribution in [0, 0.1) is 0 Å². The maximum Gasteiger partial charge on any atom is 0.192 e. The van der Waals surface area contributed by atoms with Crippen molar-refractivity contribution >= 4 is 19.3 Å². The molecule has 2 rings (SSSR count). The molecule has 0 aliphatic carbocycles. The van der Waals surface area contributed by atoms with Gasteiger partial charge in [-0.15, -0.1) is 0 Å². The predicted molar refractivity (Wildman–Crippen MR) is 76.0 cm³/mol. The van der Waals surface area contributed by atoms with Crippen LogP contribution in [0.25, 0.3) is 11.0 Å². The summed E-state index contributed by atoms with van der Waals surface area (Å²) in [5.41, 5.74) is 0.874. The molecule has 0 radical (unpaired) electrons. The average Bonchev–Trinajstić information content (AvgIpc) is 2.67. The van der Waals surface area contributed by atoms with Crippen LogP contribution in [-0.4, -0.2) is 13.3 Å². The zero-order chi connectivity index (χ0) is 13.4. The summed E-state index contributed by atoms with van der Waals surface area (Å²) in [5.74, 6) is 0.878. The van der Waals surface area contributed by atoms with E-state index in [-0.39, 0.29) is 5.04 Å². The number of fused-ring (bicyclic) bond motifs is 1. The van der Waals surface area contributed by atoms with Gasteiger partial charge in [-0.3, -0.25) is 4.98 Å². The smallest absolute Gasteiger partial charge is 0.192 e. The zero-order valence-corrected chi connectivity index (χ0v) is 12.8. The van der Waals surface area contributed by atoms with E-state index in [1.807, 2.05) is 18.3 Å². The minimum Gasteiger partial charge on any atom is -0.459 e. The molecule has 0 saturated heterocycles. The highest BCUT2D eigenvalue weighted by molar-refractivity contribution is 6.74. The third-order valence-corrected chi connectivity index (χ3v) is 8.23. The van der Waals surface area contributed by atoms with Crippen LogP contribution in [-0.2, 0) is 11.0 Å². The fraction of sp³-hybridized carbons (Fsp3) is 0.500. The van der Waals surface area contributed by atoms with Crippen molar-refractivity contribution in [3.63, 3.8) is 0 Å². The summed E-state index contributed by atoms with van der Waals surface area (Å²) in [5, 5.41) is 1.26. The second-order valence-corrected chi connectivity index (χ2v) is 11.0. The molecule has 0 bridgehead atoms. The summed E-state index contributed by atoms with van der Waals surface area (Å²) in [6.45, 7) is 11.8. The number of nitrogens with zero attached hydrogens (tertiary/aromatic N) is 1. The van der Waals surface area contributed by atoms with E-state index in [1.165, 1.54) is 0 Å². The van der Waals surface area contributed by atoms with Crippen molar-refractivity contribution in [3.8, 4) is 0 Å². The molecule has 0 amide bonds. The number of furan rings is 1. The number of hydrogen-bond acceptors (Lipinski definition) is 3. The Kier molecular flexibility index (Phi) is 3.34. The van der Waals surface area contributed by atoms with Gasteiger partial charge in [-0.2, -0.15) is 0 Å². The first-order valence-electron chi connectivity index (χ1n) is 6.26. The summed E-state index contributed by atoms with van der Waals surface area (Å²) in [6.07, 6.45) is 3.55. The highest BCUT2D eigenvalue weighted by Crippen LogP contribution is 2.37. The van der Waals surface area contributed by atoms with Crippen LogP contribution in [0.4, 0.5) is 0 Å². The van der Waals surface area contributed by atoms with Gasteiger partial charge in [0.15, 0.2) is 8.32 Å². The average molecular weight is 263 g/mol. The molecule has 3 nitrogen and oxygen atoms in total. The molecule has 2 heterocycles. The third kappa shape index (κ3) is 2.65. The molecule has 98 valence electrons. The number of pyridine rings is 1. The van der Waals surface area contributed by atoms with Crippen molar-refractivity contribution < 1.29 is 8.84 Å². The summed E-state index contributed by atoms with van der Waals surface area (Å²) < 4.78 is 11.9. The molecular formula is C14H21NO2Si. The largest absolute Gasteiger partial charge is 0.459 e. The Hall–Kier alpha value is -1.13. The van der Waals surface area contributed by atoms with Gasteiger partial charge in [0, 0.05) is 17.8 Å². The second kappa shape index (κ2) is 4.52. The molecule has 0 spiro atoms. The highest BCUT2D eigenvalue weighted by Gasteiger charge is 2.37. The first-order valence-corrected chi connectivity index (χ1v) is 9.17. The van der Waals surface area contributed by atoms with Crippen LogP contribution >= 0.6 is 0 Å².